The molecule has 2 heterocycles. The number of rotatable bonds is 4. The van der Waals surface area contributed by atoms with E-state index in [9.17, 15) is 9.59 Å². The Bertz CT molecular complexity index is 636. The fourth-order valence-electron chi connectivity index (χ4n) is 2.44. The number of amides is 1. The first-order valence-corrected chi connectivity index (χ1v) is 8.09. The van der Waals surface area contributed by atoms with E-state index in [0.717, 1.165) is 0 Å². The summed E-state index contributed by atoms with van der Waals surface area (Å²) in [5.41, 5.74) is -0.655. The Labute approximate surface area is 146 Å². The van der Waals surface area contributed by atoms with Gasteiger partial charge in [0.15, 0.2) is 5.69 Å². The van der Waals surface area contributed by atoms with E-state index in [4.69, 9.17) is 14.6 Å². The fourth-order valence-corrected chi connectivity index (χ4v) is 2.44. The van der Waals surface area contributed by atoms with E-state index >= 15 is 0 Å². The number of carboxylic acids is 1. The summed E-state index contributed by atoms with van der Waals surface area (Å²) >= 11 is 0. The van der Waals surface area contributed by atoms with Gasteiger partial charge in [0.25, 0.3) is 0 Å². The molecular weight excluding hydrogens is 328 g/mol. The standard InChI is InChI=1S/C16H24N4O5/c1-16(2,3)25-15(23)20-7-5-10(6-8-20)17-12-9-11(13(21)22)18-14(19-12)24-4/h9-10H,5-8H2,1-4H3,(H,21,22)(H,17,18,19). The maximum Gasteiger partial charge on any atom is 0.410 e. The van der Waals surface area contributed by atoms with Crippen molar-refractivity contribution in [3.05, 3.63) is 11.8 Å². The highest BCUT2D eigenvalue weighted by Crippen LogP contribution is 2.19. The number of carbonyl (C=O) groups excluding carboxylic acids is 1. The Balaban J connectivity index is 1.95. The van der Waals surface area contributed by atoms with Crippen molar-refractivity contribution in [3.63, 3.8) is 0 Å². The Kier molecular flexibility index (Phi) is 5.66. The van der Waals surface area contributed by atoms with Crippen molar-refractivity contribution in [2.45, 2.75) is 45.3 Å². The lowest BCUT2D eigenvalue weighted by Gasteiger charge is -2.33. The van der Waals surface area contributed by atoms with Crippen LogP contribution < -0.4 is 10.1 Å². The van der Waals surface area contributed by atoms with Crippen molar-refractivity contribution in [2.24, 2.45) is 0 Å². The number of anilines is 1. The molecule has 0 radical (unpaired) electrons. The second-order valence-corrected chi connectivity index (χ2v) is 6.82. The quantitative estimate of drug-likeness (QED) is 0.846. The van der Waals surface area contributed by atoms with E-state index in [2.05, 4.69) is 15.3 Å². The van der Waals surface area contributed by atoms with E-state index < -0.39 is 11.6 Å². The first kappa shape index (κ1) is 18.8. The van der Waals surface area contributed by atoms with Crippen LogP contribution in [-0.4, -0.2) is 63.9 Å². The van der Waals surface area contributed by atoms with Crippen molar-refractivity contribution in [1.29, 1.82) is 0 Å². The molecule has 2 rings (SSSR count). The monoisotopic (exact) mass is 352 g/mol. The lowest BCUT2D eigenvalue weighted by molar-refractivity contribution is 0.0210. The Morgan fingerprint density at radius 3 is 2.44 bits per heavy atom. The van der Waals surface area contributed by atoms with E-state index in [0.29, 0.717) is 31.7 Å². The highest BCUT2D eigenvalue weighted by molar-refractivity contribution is 5.86. The first-order chi connectivity index (χ1) is 11.7. The smallest absolute Gasteiger partial charge is 0.410 e. The predicted octanol–water partition coefficient (Wildman–Crippen LogP) is 1.99. The molecule has 1 aliphatic heterocycles. The molecule has 0 spiro atoms. The average molecular weight is 352 g/mol. The SMILES string of the molecule is COc1nc(NC2CCN(C(=O)OC(C)(C)C)CC2)cc(C(=O)O)n1. The van der Waals surface area contributed by atoms with Crippen LogP contribution in [0.3, 0.4) is 0 Å². The van der Waals surface area contributed by atoms with Crippen LogP contribution in [0.1, 0.15) is 44.1 Å². The van der Waals surface area contributed by atoms with Gasteiger partial charge in [-0.2, -0.15) is 9.97 Å². The summed E-state index contributed by atoms with van der Waals surface area (Å²) in [6.45, 7) is 6.62. The van der Waals surface area contributed by atoms with Gasteiger partial charge in [-0.25, -0.2) is 9.59 Å². The molecule has 9 heteroatoms. The average Bonchev–Trinajstić information content (AvgIpc) is 2.53. The van der Waals surface area contributed by atoms with Gasteiger partial charge in [-0.3, -0.25) is 0 Å². The Morgan fingerprint density at radius 2 is 1.92 bits per heavy atom. The topological polar surface area (TPSA) is 114 Å². The Morgan fingerprint density at radius 1 is 1.28 bits per heavy atom. The van der Waals surface area contributed by atoms with Crippen LogP contribution in [0.25, 0.3) is 0 Å². The minimum absolute atomic E-state index is 0.00593. The number of hydrogen-bond acceptors (Lipinski definition) is 7. The van der Waals surface area contributed by atoms with Crippen LogP contribution in [0, 0.1) is 0 Å². The van der Waals surface area contributed by atoms with Gasteiger partial charge >= 0.3 is 18.1 Å². The lowest BCUT2D eigenvalue weighted by atomic mass is 10.1. The van der Waals surface area contributed by atoms with Gasteiger partial charge in [-0.05, 0) is 33.6 Å². The molecule has 0 unspecified atom stereocenters. The second kappa shape index (κ2) is 7.54. The van der Waals surface area contributed by atoms with E-state index in [1.165, 1.54) is 13.2 Å². The summed E-state index contributed by atoms with van der Waals surface area (Å²) < 4.78 is 10.3. The molecule has 0 aromatic carbocycles. The number of piperidine rings is 1. The number of aromatic carboxylic acids is 1. The first-order valence-electron chi connectivity index (χ1n) is 8.09. The zero-order valence-corrected chi connectivity index (χ0v) is 14.9. The van der Waals surface area contributed by atoms with Gasteiger partial charge in [0.05, 0.1) is 7.11 Å². The molecule has 0 bridgehead atoms. The van der Waals surface area contributed by atoms with E-state index in [1.54, 1.807) is 4.90 Å². The summed E-state index contributed by atoms with van der Waals surface area (Å²) in [4.78, 5) is 32.7. The molecule has 138 valence electrons. The van der Waals surface area contributed by atoms with Crippen molar-refractivity contribution >= 4 is 17.9 Å². The van der Waals surface area contributed by atoms with Gasteiger partial charge in [0.2, 0.25) is 0 Å². The molecule has 0 atom stereocenters. The maximum atomic E-state index is 12.1. The maximum absolute atomic E-state index is 12.1. The van der Waals surface area contributed by atoms with Crippen molar-refractivity contribution in [3.8, 4) is 6.01 Å². The van der Waals surface area contributed by atoms with Crippen LogP contribution in [0.5, 0.6) is 6.01 Å². The van der Waals surface area contributed by atoms with Crippen molar-refractivity contribution in [1.82, 2.24) is 14.9 Å². The highest BCUT2D eigenvalue weighted by Gasteiger charge is 2.27. The number of likely N-dealkylation sites (tertiary alicyclic amines) is 1. The summed E-state index contributed by atoms with van der Waals surface area (Å²) in [5.74, 6) is -0.761. The Hall–Kier alpha value is -2.58. The number of aromatic nitrogens is 2. The largest absolute Gasteiger partial charge is 0.477 e. The van der Waals surface area contributed by atoms with Crippen LogP contribution in [0.2, 0.25) is 0 Å². The summed E-state index contributed by atoms with van der Waals surface area (Å²) in [7, 11) is 1.38. The molecule has 0 saturated carbocycles. The molecule has 2 N–H and O–H groups in total. The zero-order valence-electron chi connectivity index (χ0n) is 14.9. The summed E-state index contributed by atoms with van der Waals surface area (Å²) in [6.07, 6.45) is 1.09. The second-order valence-electron chi connectivity index (χ2n) is 6.82. The van der Waals surface area contributed by atoms with Gasteiger partial charge in [0.1, 0.15) is 11.4 Å². The summed E-state index contributed by atoms with van der Waals surface area (Å²) in [5, 5.41) is 12.3. The van der Waals surface area contributed by atoms with Gasteiger partial charge in [-0.1, -0.05) is 0 Å². The molecule has 1 aliphatic rings. The fraction of sp³-hybridized carbons (Fsp3) is 0.625. The van der Waals surface area contributed by atoms with E-state index in [1.807, 2.05) is 20.8 Å². The molecule has 25 heavy (non-hydrogen) atoms. The number of ether oxygens (including phenoxy) is 2. The van der Waals surface area contributed by atoms with E-state index in [-0.39, 0.29) is 23.8 Å². The van der Waals surface area contributed by atoms with Crippen LogP contribution in [-0.2, 0) is 4.74 Å². The molecular formula is C16H24N4O5. The molecule has 1 aromatic rings. The highest BCUT2D eigenvalue weighted by atomic mass is 16.6. The molecule has 0 aliphatic carbocycles. The third-order valence-electron chi connectivity index (χ3n) is 3.61. The number of nitrogens with one attached hydrogen (secondary N) is 1. The third kappa shape index (κ3) is 5.47. The zero-order chi connectivity index (χ0) is 18.6. The minimum Gasteiger partial charge on any atom is -0.477 e. The van der Waals surface area contributed by atoms with Crippen LogP contribution in [0.15, 0.2) is 6.07 Å². The number of nitrogens with zero attached hydrogens (tertiary/aromatic N) is 3. The normalized spacial score (nSPS) is 15.6. The van der Waals surface area contributed by atoms with Crippen LogP contribution >= 0.6 is 0 Å². The van der Waals surface area contributed by atoms with Crippen LogP contribution in [0.4, 0.5) is 10.6 Å². The van der Waals surface area contributed by atoms with Gasteiger partial charge < -0.3 is 24.8 Å². The number of carboxylic acid groups (broad SMARTS) is 1. The molecule has 1 aromatic heterocycles. The van der Waals surface area contributed by atoms with Gasteiger partial charge in [0, 0.05) is 25.2 Å². The number of carbonyl (C=O) groups is 2. The summed E-state index contributed by atoms with van der Waals surface area (Å²) in [6, 6.07) is 1.43. The van der Waals surface area contributed by atoms with Crippen molar-refractivity contribution < 1.29 is 24.2 Å². The van der Waals surface area contributed by atoms with Crippen molar-refractivity contribution in [2.75, 3.05) is 25.5 Å². The number of methoxy groups -OCH3 is 1. The molecule has 1 amide bonds. The van der Waals surface area contributed by atoms with Gasteiger partial charge in [-0.15, -0.1) is 0 Å². The molecule has 1 fully saturated rings. The molecule has 9 nitrogen and oxygen atoms in total. The lowest BCUT2D eigenvalue weighted by Crippen LogP contribution is -2.44. The minimum atomic E-state index is -1.15. The molecule has 1 saturated heterocycles. The third-order valence-corrected chi connectivity index (χ3v) is 3.61. The number of hydrogen-bond donors (Lipinski definition) is 2. The predicted molar refractivity (Wildman–Crippen MR) is 90.0 cm³/mol.